The van der Waals surface area contributed by atoms with Crippen molar-refractivity contribution in [1.82, 2.24) is 0 Å². The fourth-order valence-electron chi connectivity index (χ4n) is 2.16. The van der Waals surface area contributed by atoms with Crippen molar-refractivity contribution >= 4 is 5.78 Å². The molecule has 0 aliphatic rings. The highest BCUT2D eigenvalue weighted by Crippen LogP contribution is 2.36. The Labute approximate surface area is 99.7 Å². The Kier molecular flexibility index (Phi) is 4.93. The third-order valence-corrected chi connectivity index (χ3v) is 2.93. The van der Waals surface area contributed by atoms with E-state index in [0.29, 0.717) is 0 Å². The molecule has 0 aromatic rings. The third-order valence-electron chi connectivity index (χ3n) is 2.93. The summed E-state index contributed by atoms with van der Waals surface area (Å²) in [7, 11) is 0. The van der Waals surface area contributed by atoms with Crippen LogP contribution in [0, 0.1) is 16.7 Å². The van der Waals surface area contributed by atoms with E-state index < -0.39 is 16.9 Å². The summed E-state index contributed by atoms with van der Waals surface area (Å²) >= 11 is 0. The molecule has 0 heterocycles. The molecule has 0 saturated heterocycles. The Bertz CT molecular complexity index is 271. The Morgan fingerprint density at radius 1 is 1.19 bits per heavy atom. The average Bonchev–Trinajstić information content (AvgIpc) is 2.14. The molecule has 0 aliphatic carbocycles. The Hall–Kier alpha value is -0.630. The van der Waals surface area contributed by atoms with Gasteiger partial charge in [-0.15, -0.1) is 0 Å². The van der Waals surface area contributed by atoms with Gasteiger partial charge in [0, 0.05) is 5.41 Å². The number of ketones is 1. The highest BCUT2D eigenvalue weighted by molar-refractivity contribution is 5.91. The lowest BCUT2D eigenvalue weighted by atomic mass is 9.68. The molecule has 0 saturated carbocycles. The van der Waals surface area contributed by atoms with Crippen LogP contribution in [0.15, 0.2) is 12.2 Å². The molecular weight excluding hydrogens is 200 g/mol. The lowest BCUT2D eigenvalue weighted by Gasteiger charge is -2.37. The summed E-state index contributed by atoms with van der Waals surface area (Å²) in [5, 5.41) is 10.2. The molecule has 1 N–H and O–H groups in total. The maximum absolute atomic E-state index is 12.4. The largest absolute Gasteiger partial charge is 0.391 e. The standard InChI is InChI=1S/C14H26O2/c1-8-9-14(7,11(15)10(2)3)12(16)13(4,5)6/h8-11,15H,1-7H3. The molecule has 2 nitrogen and oxygen atoms in total. The van der Waals surface area contributed by atoms with Crippen molar-refractivity contribution in [3.63, 3.8) is 0 Å². The van der Waals surface area contributed by atoms with E-state index >= 15 is 0 Å². The number of aliphatic hydroxyl groups is 1. The van der Waals surface area contributed by atoms with Crippen molar-refractivity contribution in [3.05, 3.63) is 12.2 Å². The van der Waals surface area contributed by atoms with Gasteiger partial charge in [0.05, 0.1) is 11.5 Å². The number of Topliss-reactive ketones (excluding diaryl/α,β-unsaturated/α-hetero) is 1. The molecule has 0 bridgehead atoms. The molecule has 0 aromatic heterocycles. The first-order valence-corrected chi connectivity index (χ1v) is 5.94. The van der Waals surface area contributed by atoms with Crippen molar-refractivity contribution in [2.45, 2.75) is 54.6 Å². The smallest absolute Gasteiger partial charge is 0.150 e. The second kappa shape index (κ2) is 5.13. The Morgan fingerprint density at radius 2 is 1.62 bits per heavy atom. The SMILES string of the molecule is CC=CC(C)(C(=O)C(C)(C)C)C(O)C(C)C. The predicted molar refractivity (Wildman–Crippen MR) is 68.2 cm³/mol. The van der Waals surface area contributed by atoms with Crippen molar-refractivity contribution < 1.29 is 9.90 Å². The topological polar surface area (TPSA) is 37.3 Å². The van der Waals surface area contributed by atoms with Gasteiger partial charge >= 0.3 is 0 Å². The number of rotatable bonds is 4. The number of aliphatic hydroxyl groups excluding tert-OH is 1. The molecule has 2 heteroatoms. The zero-order chi connectivity index (χ0) is 13.1. The van der Waals surface area contributed by atoms with E-state index in [9.17, 15) is 9.90 Å². The van der Waals surface area contributed by atoms with Gasteiger partial charge in [-0.2, -0.15) is 0 Å². The monoisotopic (exact) mass is 226 g/mol. The van der Waals surface area contributed by atoms with Gasteiger partial charge in [0.1, 0.15) is 5.78 Å². The summed E-state index contributed by atoms with van der Waals surface area (Å²) in [6, 6.07) is 0. The first-order chi connectivity index (χ1) is 7.07. The maximum atomic E-state index is 12.4. The lowest BCUT2D eigenvalue weighted by molar-refractivity contribution is -0.140. The van der Waals surface area contributed by atoms with Crippen LogP contribution in [0.1, 0.15) is 48.5 Å². The summed E-state index contributed by atoms with van der Waals surface area (Å²) in [4.78, 5) is 12.4. The summed E-state index contributed by atoms with van der Waals surface area (Å²) in [5.41, 5.74) is -1.23. The van der Waals surface area contributed by atoms with Crippen molar-refractivity contribution in [2.75, 3.05) is 0 Å². The van der Waals surface area contributed by atoms with Gasteiger partial charge in [-0.05, 0) is 19.8 Å². The van der Waals surface area contributed by atoms with Crippen LogP contribution in [0.25, 0.3) is 0 Å². The third kappa shape index (κ3) is 3.18. The molecule has 0 radical (unpaired) electrons. The predicted octanol–water partition coefficient (Wildman–Crippen LogP) is 3.20. The minimum Gasteiger partial charge on any atom is -0.391 e. The van der Waals surface area contributed by atoms with Gasteiger partial charge in [0.25, 0.3) is 0 Å². The van der Waals surface area contributed by atoms with Crippen LogP contribution in [0.5, 0.6) is 0 Å². The van der Waals surface area contributed by atoms with Crippen LogP contribution >= 0.6 is 0 Å². The van der Waals surface area contributed by atoms with Crippen molar-refractivity contribution in [1.29, 1.82) is 0 Å². The zero-order valence-corrected chi connectivity index (χ0v) is 11.7. The van der Waals surface area contributed by atoms with Gasteiger partial charge in [0.2, 0.25) is 0 Å². The first-order valence-electron chi connectivity index (χ1n) is 5.94. The molecule has 2 unspecified atom stereocenters. The fraction of sp³-hybridized carbons (Fsp3) is 0.786. The van der Waals surface area contributed by atoms with Crippen LogP contribution in [0.4, 0.5) is 0 Å². The number of carbonyl (C=O) groups is 1. The summed E-state index contributed by atoms with van der Waals surface area (Å²) in [6.07, 6.45) is 3.02. The molecule has 0 aromatic carbocycles. The van der Waals surface area contributed by atoms with E-state index in [1.807, 2.05) is 60.6 Å². The Balaban J connectivity index is 5.36. The van der Waals surface area contributed by atoms with Crippen LogP contribution in [0.3, 0.4) is 0 Å². The number of hydrogen-bond acceptors (Lipinski definition) is 2. The minimum atomic E-state index is -0.791. The second-order valence-electron chi connectivity index (χ2n) is 6.05. The van der Waals surface area contributed by atoms with E-state index in [1.165, 1.54) is 0 Å². The molecule has 0 fully saturated rings. The van der Waals surface area contributed by atoms with Crippen LogP contribution in [-0.2, 0) is 4.79 Å². The molecule has 0 spiro atoms. The highest BCUT2D eigenvalue weighted by atomic mass is 16.3. The van der Waals surface area contributed by atoms with E-state index in [-0.39, 0.29) is 11.7 Å². The molecule has 0 aliphatic heterocycles. The van der Waals surface area contributed by atoms with Gasteiger partial charge in [-0.25, -0.2) is 0 Å². The highest BCUT2D eigenvalue weighted by Gasteiger charge is 2.44. The number of hydrogen-bond donors (Lipinski definition) is 1. The van der Waals surface area contributed by atoms with Crippen molar-refractivity contribution in [3.8, 4) is 0 Å². The van der Waals surface area contributed by atoms with Crippen molar-refractivity contribution in [2.24, 2.45) is 16.7 Å². The quantitative estimate of drug-likeness (QED) is 0.747. The summed E-state index contributed by atoms with van der Waals surface area (Å²) in [6.45, 7) is 13.2. The average molecular weight is 226 g/mol. The second-order valence-corrected chi connectivity index (χ2v) is 6.05. The maximum Gasteiger partial charge on any atom is 0.150 e. The van der Waals surface area contributed by atoms with Gasteiger partial charge in [-0.1, -0.05) is 46.8 Å². The fourth-order valence-corrected chi connectivity index (χ4v) is 2.16. The van der Waals surface area contributed by atoms with Gasteiger partial charge in [0.15, 0.2) is 0 Å². The first kappa shape index (κ1) is 15.4. The van der Waals surface area contributed by atoms with Gasteiger partial charge < -0.3 is 5.11 Å². The molecule has 2 atom stereocenters. The van der Waals surface area contributed by atoms with E-state index in [1.54, 1.807) is 0 Å². The van der Waals surface area contributed by atoms with Crippen LogP contribution < -0.4 is 0 Å². The molecule has 0 amide bonds. The summed E-state index contributed by atoms with van der Waals surface area (Å²) < 4.78 is 0. The molecule has 0 rings (SSSR count). The molecule has 94 valence electrons. The van der Waals surface area contributed by atoms with E-state index in [2.05, 4.69) is 0 Å². The molecule has 16 heavy (non-hydrogen) atoms. The molecular formula is C14H26O2. The Morgan fingerprint density at radius 3 is 1.88 bits per heavy atom. The number of carbonyl (C=O) groups excluding carboxylic acids is 1. The number of allylic oxidation sites excluding steroid dienone is 1. The van der Waals surface area contributed by atoms with E-state index in [0.717, 1.165) is 0 Å². The van der Waals surface area contributed by atoms with E-state index in [4.69, 9.17) is 0 Å². The minimum absolute atomic E-state index is 0.0625. The zero-order valence-electron chi connectivity index (χ0n) is 11.7. The normalized spacial score (nSPS) is 18.8. The summed E-state index contributed by atoms with van der Waals surface area (Å²) in [5.74, 6) is 0.145. The lowest BCUT2D eigenvalue weighted by Crippen LogP contribution is -2.46. The van der Waals surface area contributed by atoms with Crippen LogP contribution in [-0.4, -0.2) is 17.0 Å². The van der Waals surface area contributed by atoms with Gasteiger partial charge in [-0.3, -0.25) is 4.79 Å². The van der Waals surface area contributed by atoms with Crippen LogP contribution in [0.2, 0.25) is 0 Å².